The van der Waals surface area contributed by atoms with E-state index >= 15 is 0 Å². The number of amides is 1. The Kier molecular flexibility index (Phi) is 11.2. The van der Waals surface area contributed by atoms with Gasteiger partial charge in [0.05, 0.1) is 31.4 Å². The monoisotopic (exact) mass is 363 g/mol. The van der Waals surface area contributed by atoms with Gasteiger partial charge in [-0.3, -0.25) is 9.35 Å². The van der Waals surface area contributed by atoms with Crippen LogP contribution in [0.4, 0.5) is 0 Å². The van der Waals surface area contributed by atoms with Crippen LogP contribution in [0, 0.1) is 0 Å². The fourth-order valence-electron chi connectivity index (χ4n) is 3.07. The van der Waals surface area contributed by atoms with Crippen LogP contribution in [-0.2, 0) is 14.9 Å². The fraction of sp³-hybridized carbons (Fsp3) is 0.824. The highest BCUT2D eigenvalue weighted by Crippen LogP contribution is 2.22. The van der Waals surface area contributed by atoms with Crippen molar-refractivity contribution in [1.82, 2.24) is 0 Å². The minimum atomic E-state index is -3.94. The van der Waals surface area contributed by atoms with Crippen molar-refractivity contribution in [3.63, 3.8) is 0 Å². The number of nitrogens with zero attached hydrogens (tertiary/aromatic N) is 1. The molecule has 0 fully saturated rings. The SMILES string of the molecule is CCCC[N+](CCC=CC(N)=O)(CCCC)C(C)CCS(=O)(=O)O. The number of quaternary nitrogens is 1. The molecule has 0 aliphatic carbocycles. The third kappa shape index (κ3) is 10.1. The van der Waals surface area contributed by atoms with Gasteiger partial charge in [-0.05, 0) is 25.8 Å². The summed E-state index contributed by atoms with van der Waals surface area (Å²) in [5, 5.41) is 0. The molecule has 0 saturated heterocycles. The average Bonchev–Trinajstić information content (AvgIpc) is 2.50. The molecule has 0 aromatic heterocycles. The number of hydrogen-bond acceptors (Lipinski definition) is 3. The van der Waals surface area contributed by atoms with Gasteiger partial charge in [0.15, 0.2) is 0 Å². The number of carbonyl (C=O) groups excluding carboxylic acids is 1. The van der Waals surface area contributed by atoms with E-state index in [0.29, 0.717) is 6.42 Å². The molecule has 1 amide bonds. The summed E-state index contributed by atoms with van der Waals surface area (Å²) in [4.78, 5) is 10.9. The van der Waals surface area contributed by atoms with Crippen molar-refractivity contribution in [3.8, 4) is 0 Å². The second kappa shape index (κ2) is 11.6. The molecular weight excluding hydrogens is 328 g/mol. The second-order valence-corrected chi connectivity index (χ2v) is 8.19. The molecule has 0 rings (SSSR count). The van der Waals surface area contributed by atoms with Crippen LogP contribution in [0.1, 0.15) is 59.3 Å². The summed E-state index contributed by atoms with van der Waals surface area (Å²) < 4.78 is 32.1. The molecule has 3 N–H and O–H groups in total. The summed E-state index contributed by atoms with van der Waals surface area (Å²) in [6, 6.07) is 0.131. The minimum Gasteiger partial charge on any atom is -0.366 e. The lowest BCUT2D eigenvalue weighted by Gasteiger charge is -2.44. The van der Waals surface area contributed by atoms with Gasteiger partial charge in [-0.15, -0.1) is 0 Å². The Morgan fingerprint density at radius 2 is 1.71 bits per heavy atom. The van der Waals surface area contributed by atoms with Crippen molar-refractivity contribution in [2.24, 2.45) is 5.73 Å². The van der Waals surface area contributed by atoms with Crippen LogP contribution in [-0.4, -0.2) is 54.8 Å². The van der Waals surface area contributed by atoms with E-state index in [-0.39, 0.29) is 11.8 Å². The normalized spacial score (nSPS) is 14.2. The molecule has 0 aromatic carbocycles. The largest absolute Gasteiger partial charge is 0.366 e. The Balaban J connectivity index is 5.17. The smallest absolute Gasteiger partial charge is 0.265 e. The van der Waals surface area contributed by atoms with Crippen molar-refractivity contribution in [3.05, 3.63) is 12.2 Å². The van der Waals surface area contributed by atoms with Gasteiger partial charge in [-0.25, -0.2) is 0 Å². The van der Waals surface area contributed by atoms with Crippen molar-refractivity contribution >= 4 is 16.0 Å². The highest BCUT2D eigenvalue weighted by molar-refractivity contribution is 7.85. The Morgan fingerprint density at radius 3 is 2.12 bits per heavy atom. The van der Waals surface area contributed by atoms with E-state index in [4.69, 9.17) is 10.3 Å². The van der Waals surface area contributed by atoms with Crippen molar-refractivity contribution in [1.29, 1.82) is 0 Å². The lowest BCUT2D eigenvalue weighted by atomic mass is 10.1. The van der Waals surface area contributed by atoms with Crippen molar-refractivity contribution in [2.45, 2.75) is 65.3 Å². The highest BCUT2D eigenvalue weighted by atomic mass is 32.2. The zero-order chi connectivity index (χ0) is 18.6. The van der Waals surface area contributed by atoms with Crippen LogP contribution in [0.25, 0.3) is 0 Å². The molecule has 142 valence electrons. The molecule has 0 spiro atoms. The molecule has 6 nitrogen and oxygen atoms in total. The van der Waals surface area contributed by atoms with Crippen LogP contribution < -0.4 is 5.73 Å². The number of carbonyl (C=O) groups is 1. The van der Waals surface area contributed by atoms with Crippen molar-refractivity contribution in [2.75, 3.05) is 25.4 Å². The van der Waals surface area contributed by atoms with Gasteiger partial charge in [0.1, 0.15) is 0 Å². The van der Waals surface area contributed by atoms with Crippen molar-refractivity contribution < 1.29 is 22.2 Å². The fourth-order valence-corrected chi connectivity index (χ4v) is 3.71. The minimum absolute atomic E-state index is 0.131. The van der Waals surface area contributed by atoms with E-state index in [1.54, 1.807) is 6.08 Å². The van der Waals surface area contributed by atoms with Crippen LogP contribution >= 0.6 is 0 Å². The third-order valence-corrected chi connectivity index (χ3v) is 5.42. The zero-order valence-corrected chi connectivity index (χ0v) is 16.2. The van der Waals surface area contributed by atoms with E-state index < -0.39 is 16.0 Å². The molecule has 0 aliphatic heterocycles. The summed E-state index contributed by atoms with van der Waals surface area (Å²) >= 11 is 0. The Labute approximate surface area is 147 Å². The first-order valence-electron chi connectivity index (χ1n) is 8.93. The predicted molar refractivity (Wildman–Crippen MR) is 98.1 cm³/mol. The summed E-state index contributed by atoms with van der Waals surface area (Å²) in [6.45, 7) is 9.15. The Hall–Kier alpha value is -0.920. The summed E-state index contributed by atoms with van der Waals surface area (Å²) in [5.74, 6) is -0.654. The van der Waals surface area contributed by atoms with Crippen LogP contribution in [0.3, 0.4) is 0 Å². The summed E-state index contributed by atoms with van der Waals surface area (Å²) in [6.07, 6.45) is 8.64. The molecule has 0 saturated carbocycles. The number of unbranched alkanes of at least 4 members (excludes halogenated alkanes) is 2. The lowest BCUT2D eigenvalue weighted by molar-refractivity contribution is -0.949. The Morgan fingerprint density at radius 1 is 1.17 bits per heavy atom. The van der Waals surface area contributed by atoms with E-state index in [9.17, 15) is 13.2 Å². The van der Waals surface area contributed by atoms with Gasteiger partial charge in [-0.1, -0.05) is 32.8 Å². The standard InChI is InChI=1S/C17H34N2O4S/c1-4-6-12-19(13-7-5-2,14-9-8-10-17(18)20)16(3)11-15-24(21,22)23/h8,10,16H,4-7,9,11-15H2,1-3H3,(H2-,18,20,21,22,23)/p+1. The number of hydrogen-bond donors (Lipinski definition) is 2. The van der Waals surface area contributed by atoms with Crippen LogP contribution in [0.5, 0.6) is 0 Å². The second-order valence-electron chi connectivity index (χ2n) is 6.61. The maximum absolute atomic E-state index is 11.1. The maximum Gasteiger partial charge on any atom is 0.265 e. The van der Waals surface area contributed by atoms with Gasteiger partial charge in [0, 0.05) is 12.8 Å². The van der Waals surface area contributed by atoms with E-state index in [0.717, 1.165) is 56.2 Å². The predicted octanol–water partition coefficient (Wildman–Crippen LogP) is 2.50. The number of nitrogens with two attached hydrogens (primary N) is 1. The van der Waals surface area contributed by atoms with E-state index in [1.807, 2.05) is 0 Å². The first-order valence-corrected chi connectivity index (χ1v) is 10.5. The molecule has 0 aromatic rings. The molecule has 0 aliphatic rings. The topological polar surface area (TPSA) is 97.5 Å². The van der Waals surface area contributed by atoms with Gasteiger partial charge in [0.2, 0.25) is 5.91 Å². The Bertz CT molecular complexity index is 481. The average molecular weight is 364 g/mol. The first-order chi connectivity index (χ1) is 11.2. The third-order valence-electron chi connectivity index (χ3n) is 4.67. The van der Waals surface area contributed by atoms with Gasteiger partial charge in [-0.2, -0.15) is 8.42 Å². The van der Waals surface area contributed by atoms with Crippen LogP contribution in [0.15, 0.2) is 12.2 Å². The van der Waals surface area contributed by atoms with Gasteiger partial charge in [0.25, 0.3) is 10.1 Å². The number of primary amides is 1. The molecule has 1 atom stereocenters. The molecular formula is C17H35N2O4S+. The molecule has 7 heteroatoms. The molecule has 0 radical (unpaired) electrons. The summed E-state index contributed by atoms with van der Waals surface area (Å²) in [7, 11) is -3.94. The maximum atomic E-state index is 11.1. The van der Waals surface area contributed by atoms with Gasteiger partial charge < -0.3 is 10.2 Å². The zero-order valence-electron chi connectivity index (χ0n) is 15.4. The summed E-state index contributed by atoms with van der Waals surface area (Å²) in [5.41, 5.74) is 5.13. The first kappa shape index (κ1) is 23.1. The molecule has 0 bridgehead atoms. The quantitative estimate of drug-likeness (QED) is 0.281. The van der Waals surface area contributed by atoms with E-state index in [2.05, 4.69) is 20.8 Å². The highest BCUT2D eigenvalue weighted by Gasteiger charge is 2.32. The van der Waals surface area contributed by atoms with Gasteiger partial charge >= 0.3 is 0 Å². The van der Waals surface area contributed by atoms with Crippen LogP contribution in [0.2, 0.25) is 0 Å². The lowest BCUT2D eigenvalue weighted by Crippen LogP contribution is -2.56. The number of rotatable bonds is 14. The molecule has 24 heavy (non-hydrogen) atoms. The molecule has 1 unspecified atom stereocenters. The van der Waals surface area contributed by atoms with E-state index in [1.165, 1.54) is 6.08 Å². The molecule has 0 heterocycles.